The van der Waals surface area contributed by atoms with Gasteiger partial charge in [0.1, 0.15) is 23.8 Å². The van der Waals surface area contributed by atoms with Crippen molar-refractivity contribution in [2.75, 3.05) is 20.3 Å². The molecule has 0 heterocycles. The van der Waals surface area contributed by atoms with Crippen LogP contribution in [-0.4, -0.2) is 67.3 Å². The standard InChI is InChI=1S/C20H24O4.C8H12N2O4/c1-15-6-9-19(14-16(15)2)24-13-5-3-4-12-23-18-10-7-17(8-11-18)20(21)22;1-9-8(14)7(3-2-4-11)10(5-12)6-13/h6-11,14H,3-5,12-13H2,1-2H3,(H,21,22);4-7H,2-3H2,1H3,(H,9,14). The van der Waals surface area contributed by atoms with Gasteiger partial charge in [0.2, 0.25) is 18.7 Å². The topological polar surface area (TPSA) is 139 Å². The van der Waals surface area contributed by atoms with Crippen LogP contribution in [0.4, 0.5) is 0 Å². The lowest BCUT2D eigenvalue weighted by molar-refractivity contribution is -0.140. The number of aryl methyl sites for hydroxylation is 2. The minimum Gasteiger partial charge on any atom is -0.494 e. The number of rotatable bonds is 16. The van der Waals surface area contributed by atoms with Gasteiger partial charge in [-0.2, -0.15) is 0 Å². The number of carbonyl (C=O) groups is 5. The van der Waals surface area contributed by atoms with E-state index in [1.165, 1.54) is 18.2 Å². The van der Waals surface area contributed by atoms with Crippen molar-refractivity contribution < 1.29 is 38.6 Å². The van der Waals surface area contributed by atoms with Crippen LogP contribution in [0.25, 0.3) is 0 Å². The summed E-state index contributed by atoms with van der Waals surface area (Å²) in [6, 6.07) is 11.7. The number of amides is 3. The number of benzene rings is 2. The van der Waals surface area contributed by atoms with Crippen LogP contribution in [0.2, 0.25) is 0 Å². The van der Waals surface area contributed by atoms with Gasteiger partial charge in [0.05, 0.1) is 18.8 Å². The number of nitrogens with one attached hydrogen (secondary N) is 1. The highest BCUT2D eigenvalue weighted by molar-refractivity contribution is 5.88. The van der Waals surface area contributed by atoms with E-state index in [1.807, 2.05) is 6.07 Å². The lowest BCUT2D eigenvalue weighted by Crippen LogP contribution is -2.44. The summed E-state index contributed by atoms with van der Waals surface area (Å²) in [5.74, 6) is 0.232. The number of carboxylic acids is 1. The van der Waals surface area contributed by atoms with E-state index in [0.717, 1.165) is 25.0 Å². The molecule has 1 unspecified atom stereocenters. The second kappa shape index (κ2) is 18.1. The third-order valence-corrected chi connectivity index (χ3v) is 5.62. The Hall–Kier alpha value is -4.21. The molecule has 0 spiro atoms. The number of carboxylic acid groups (broad SMARTS) is 1. The maximum atomic E-state index is 11.2. The fraction of sp³-hybridized carbons (Fsp3) is 0.393. The molecule has 2 rings (SSSR count). The summed E-state index contributed by atoms with van der Waals surface area (Å²) in [4.78, 5) is 53.5. The predicted octanol–water partition coefficient (Wildman–Crippen LogP) is 3.32. The average Bonchev–Trinajstić information content (AvgIpc) is 2.92. The number of aldehydes is 1. The molecule has 10 nitrogen and oxygen atoms in total. The molecule has 2 aromatic carbocycles. The first kappa shape index (κ1) is 31.8. The summed E-state index contributed by atoms with van der Waals surface area (Å²) < 4.78 is 11.3. The molecule has 38 heavy (non-hydrogen) atoms. The fourth-order valence-electron chi connectivity index (χ4n) is 3.24. The highest BCUT2D eigenvalue weighted by atomic mass is 16.5. The van der Waals surface area contributed by atoms with Gasteiger partial charge in [-0.15, -0.1) is 0 Å². The smallest absolute Gasteiger partial charge is 0.335 e. The van der Waals surface area contributed by atoms with Crippen molar-refractivity contribution in [1.82, 2.24) is 10.2 Å². The van der Waals surface area contributed by atoms with Gasteiger partial charge in [0, 0.05) is 13.5 Å². The van der Waals surface area contributed by atoms with Gasteiger partial charge in [-0.25, -0.2) is 4.79 Å². The lowest BCUT2D eigenvalue weighted by atomic mass is 10.1. The Balaban J connectivity index is 0.000000442. The van der Waals surface area contributed by atoms with E-state index in [9.17, 15) is 24.0 Å². The molecule has 0 saturated heterocycles. The first-order valence-corrected chi connectivity index (χ1v) is 12.3. The highest BCUT2D eigenvalue weighted by Crippen LogP contribution is 2.17. The van der Waals surface area contributed by atoms with Crippen molar-refractivity contribution in [3.8, 4) is 11.5 Å². The third kappa shape index (κ3) is 11.7. The number of carbonyl (C=O) groups excluding carboxylic acids is 4. The normalized spacial score (nSPS) is 10.7. The van der Waals surface area contributed by atoms with Crippen LogP contribution in [-0.2, 0) is 19.2 Å². The molecule has 0 fully saturated rings. The van der Waals surface area contributed by atoms with Gasteiger partial charge in [0.25, 0.3) is 0 Å². The highest BCUT2D eigenvalue weighted by Gasteiger charge is 2.22. The summed E-state index contributed by atoms with van der Waals surface area (Å²) in [6.45, 7) is 5.50. The summed E-state index contributed by atoms with van der Waals surface area (Å²) in [7, 11) is 1.39. The predicted molar refractivity (Wildman–Crippen MR) is 141 cm³/mol. The summed E-state index contributed by atoms with van der Waals surface area (Å²) in [6.07, 6.45) is 4.36. The van der Waals surface area contributed by atoms with Crippen LogP contribution >= 0.6 is 0 Å². The Labute approximate surface area is 222 Å². The van der Waals surface area contributed by atoms with Crippen LogP contribution in [0.15, 0.2) is 42.5 Å². The van der Waals surface area contributed by atoms with Gasteiger partial charge >= 0.3 is 5.97 Å². The molecule has 0 radical (unpaired) electrons. The Morgan fingerprint density at radius 2 is 1.47 bits per heavy atom. The largest absolute Gasteiger partial charge is 0.494 e. The fourth-order valence-corrected chi connectivity index (χ4v) is 3.24. The van der Waals surface area contributed by atoms with Gasteiger partial charge in [-0.3, -0.25) is 19.3 Å². The maximum absolute atomic E-state index is 11.2. The Morgan fingerprint density at radius 3 is 1.97 bits per heavy atom. The number of unbranched alkanes of at least 4 members (excludes halogenated alkanes) is 2. The molecule has 0 aliphatic rings. The summed E-state index contributed by atoms with van der Waals surface area (Å²) in [5.41, 5.74) is 2.79. The van der Waals surface area contributed by atoms with E-state index < -0.39 is 17.9 Å². The van der Waals surface area contributed by atoms with E-state index in [0.29, 0.717) is 30.1 Å². The Morgan fingerprint density at radius 1 is 0.895 bits per heavy atom. The molecule has 10 heteroatoms. The minimum atomic E-state index is -0.926. The van der Waals surface area contributed by atoms with Crippen molar-refractivity contribution in [3.05, 3.63) is 59.2 Å². The van der Waals surface area contributed by atoms with E-state index in [2.05, 4.69) is 31.3 Å². The SMILES string of the molecule is CNC(=O)C(CCC=O)N(C=O)C=O.Cc1ccc(OCCCCCOc2ccc(C(=O)O)cc2)cc1C. The molecule has 2 aromatic rings. The van der Waals surface area contributed by atoms with Crippen molar-refractivity contribution in [2.24, 2.45) is 0 Å². The first-order chi connectivity index (χ1) is 18.3. The lowest BCUT2D eigenvalue weighted by Gasteiger charge is -2.20. The van der Waals surface area contributed by atoms with E-state index in [4.69, 9.17) is 14.6 Å². The minimum absolute atomic E-state index is 0.121. The molecule has 0 saturated carbocycles. The van der Waals surface area contributed by atoms with Crippen LogP contribution in [0.1, 0.15) is 53.6 Å². The van der Waals surface area contributed by atoms with Crippen molar-refractivity contribution in [2.45, 2.75) is 52.0 Å². The number of nitrogens with zero attached hydrogens (tertiary/aromatic N) is 1. The molecule has 3 amide bonds. The van der Waals surface area contributed by atoms with Crippen LogP contribution in [0, 0.1) is 13.8 Å². The zero-order chi connectivity index (χ0) is 28.3. The average molecular weight is 529 g/mol. The molecule has 206 valence electrons. The van der Waals surface area contributed by atoms with Gasteiger partial charge in [0.15, 0.2) is 0 Å². The zero-order valence-electron chi connectivity index (χ0n) is 22.1. The van der Waals surface area contributed by atoms with E-state index in [1.54, 1.807) is 24.3 Å². The maximum Gasteiger partial charge on any atom is 0.335 e. The summed E-state index contributed by atoms with van der Waals surface area (Å²) in [5, 5.41) is 11.1. The van der Waals surface area contributed by atoms with Crippen LogP contribution in [0.5, 0.6) is 11.5 Å². The number of likely N-dealkylation sites (N-methyl/N-ethyl adjacent to an activating group) is 1. The number of hydrogen-bond acceptors (Lipinski definition) is 7. The molecule has 0 aromatic heterocycles. The molecular weight excluding hydrogens is 492 g/mol. The second-order valence-electron chi connectivity index (χ2n) is 8.37. The Bertz CT molecular complexity index is 1030. The molecule has 0 bridgehead atoms. The van der Waals surface area contributed by atoms with Crippen LogP contribution < -0.4 is 14.8 Å². The number of ether oxygens (including phenoxy) is 2. The van der Waals surface area contributed by atoms with Crippen LogP contribution in [0.3, 0.4) is 0 Å². The molecule has 0 aliphatic heterocycles. The number of aromatic carboxylic acids is 1. The monoisotopic (exact) mass is 528 g/mol. The summed E-state index contributed by atoms with van der Waals surface area (Å²) >= 11 is 0. The first-order valence-electron chi connectivity index (χ1n) is 12.3. The van der Waals surface area contributed by atoms with E-state index in [-0.39, 0.29) is 31.2 Å². The number of hydrogen-bond donors (Lipinski definition) is 2. The van der Waals surface area contributed by atoms with Crippen molar-refractivity contribution in [1.29, 1.82) is 0 Å². The zero-order valence-corrected chi connectivity index (χ0v) is 22.1. The quantitative estimate of drug-likeness (QED) is 0.250. The third-order valence-electron chi connectivity index (χ3n) is 5.62. The number of imide groups is 1. The molecule has 2 N–H and O–H groups in total. The molecule has 1 atom stereocenters. The van der Waals surface area contributed by atoms with Gasteiger partial charge in [-0.1, -0.05) is 6.07 Å². The van der Waals surface area contributed by atoms with Gasteiger partial charge in [-0.05, 0) is 87.1 Å². The van der Waals surface area contributed by atoms with Crippen molar-refractivity contribution in [3.63, 3.8) is 0 Å². The van der Waals surface area contributed by atoms with E-state index >= 15 is 0 Å². The molecule has 0 aliphatic carbocycles. The Kier molecular flexibility index (Phi) is 15.2. The van der Waals surface area contributed by atoms with Gasteiger partial charge < -0.3 is 24.7 Å². The molecular formula is C28H36N2O8. The second-order valence-corrected chi connectivity index (χ2v) is 8.37. The van der Waals surface area contributed by atoms with Crippen molar-refractivity contribution >= 4 is 31.0 Å².